The van der Waals surface area contributed by atoms with Crippen LogP contribution in [0.1, 0.15) is 11.1 Å². The van der Waals surface area contributed by atoms with Gasteiger partial charge in [-0.3, -0.25) is 0 Å². The highest BCUT2D eigenvalue weighted by Gasteiger charge is 2.33. The van der Waals surface area contributed by atoms with Crippen molar-refractivity contribution in [3.05, 3.63) is 58.6 Å². The van der Waals surface area contributed by atoms with Gasteiger partial charge >= 0.3 is 6.18 Å². The summed E-state index contributed by atoms with van der Waals surface area (Å²) in [7, 11) is -3.62. The molecule has 27 heavy (non-hydrogen) atoms. The van der Waals surface area contributed by atoms with Crippen molar-refractivity contribution < 1.29 is 21.6 Å². The largest absolute Gasteiger partial charge is 0.416 e. The van der Waals surface area contributed by atoms with Gasteiger partial charge in [-0.2, -0.15) is 17.5 Å². The van der Waals surface area contributed by atoms with E-state index in [1.54, 1.807) is 29.2 Å². The highest BCUT2D eigenvalue weighted by molar-refractivity contribution is 7.89. The van der Waals surface area contributed by atoms with Crippen molar-refractivity contribution in [2.24, 2.45) is 0 Å². The highest BCUT2D eigenvalue weighted by atomic mass is 35.5. The molecule has 1 fully saturated rings. The van der Waals surface area contributed by atoms with Gasteiger partial charge in [-0.05, 0) is 37.3 Å². The van der Waals surface area contributed by atoms with Gasteiger partial charge in [0.1, 0.15) is 0 Å². The van der Waals surface area contributed by atoms with Crippen LogP contribution in [0.15, 0.2) is 47.4 Å². The lowest BCUT2D eigenvalue weighted by Gasteiger charge is -2.35. The van der Waals surface area contributed by atoms with E-state index in [4.69, 9.17) is 11.6 Å². The van der Waals surface area contributed by atoms with E-state index in [9.17, 15) is 21.6 Å². The van der Waals surface area contributed by atoms with Gasteiger partial charge in [0, 0.05) is 36.9 Å². The summed E-state index contributed by atoms with van der Waals surface area (Å²) >= 11 is 5.84. The summed E-state index contributed by atoms with van der Waals surface area (Å²) in [6, 6.07) is 9.95. The van der Waals surface area contributed by atoms with Gasteiger partial charge < -0.3 is 4.90 Å². The fourth-order valence-corrected chi connectivity index (χ4v) is 4.62. The third kappa shape index (κ3) is 4.39. The smallest absolute Gasteiger partial charge is 0.369 e. The molecule has 9 heteroatoms. The van der Waals surface area contributed by atoms with Crippen LogP contribution in [0.5, 0.6) is 0 Å². The molecule has 0 aliphatic carbocycles. The zero-order valence-electron chi connectivity index (χ0n) is 14.5. The molecule has 146 valence electrons. The normalized spacial score (nSPS) is 16.6. The summed E-state index contributed by atoms with van der Waals surface area (Å²) in [6.07, 6.45) is -4.49. The van der Waals surface area contributed by atoms with Crippen LogP contribution >= 0.6 is 11.6 Å². The maximum atomic E-state index is 13.0. The predicted octanol–water partition coefficient (Wildman–Crippen LogP) is 4.18. The first-order valence-electron chi connectivity index (χ1n) is 8.27. The molecule has 0 unspecified atom stereocenters. The van der Waals surface area contributed by atoms with Crippen molar-refractivity contribution in [1.29, 1.82) is 0 Å². The van der Waals surface area contributed by atoms with Crippen molar-refractivity contribution in [3.8, 4) is 0 Å². The molecule has 0 amide bonds. The number of aryl methyl sites for hydroxylation is 1. The lowest BCUT2D eigenvalue weighted by molar-refractivity contribution is -0.137. The Bertz CT molecular complexity index is 923. The predicted molar refractivity (Wildman–Crippen MR) is 98.6 cm³/mol. The van der Waals surface area contributed by atoms with Crippen molar-refractivity contribution in [2.45, 2.75) is 18.0 Å². The molecule has 1 aliphatic rings. The van der Waals surface area contributed by atoms with Gasteiger partial charge in [-0.25, -0.2) is 8.42 Å². The molecular formula is C18H18ClF3N2O2S. The quantitative estimate of drug-likeness (QED) is 0.750. The number of nitrogens with zero attached hydrogens (tertiary/aromatic N) is 2. The van der Waals surface area contributed by atoms with Crippen LogP contribution in [-0.4, -0.2) is 38.9 Å². The number of alkyl halides is 3. The fourth-order valence-electron chi connectivity index (χ4n) is 2.97. The minimum Gasteiger partial charge on any atom is -0.369 e. The lowest BCUT2D eigenvalue weighted by Crippen LogP contribution is -2.48. The topological polar surface area (TPSA) is 40.6 Å². The molecule has 2 aromatic carbocycles. The van der Waals surface area contributed by atoms with Crippen molar-refractivity contribution in [3.63, 3.8) is 0 Å². The van der Waals surface area contributed by atoms with E-state index in [0.717, 1.165) is 17.7 Å². The molecule has 3 rings (SSSR count). The first kappa shape index (κ1) is 20.0. The van der Waals surface area contributed by atoms with E-state index in [-0.39, 0.29) is 36.1 Å². The summed E-state index contributed by atoms with van der Waals surface area (Å²) in [5, 5.41) is -0.00506. The average molecular weight is 419 g/mol. The monoisotopic (exact) mass is 418 g/mol. The molecule has 0 radical (unpaired) electrons. The zero-order chi connectivity index (χ0) is 19.8. The minimum atomic E-state index is -4.49. The van der Waals surface area contributed by atoms with E-state index in [1.165, 1.54) is 10.4 Å². The van der Waals surface area contributed by atoms with Crippen molar-refractivity contribution in [2.75, 3.05) is 31.1 Å². The molecule has 1 aliphatic heterocycles. The first-order valence-corrected chi connectivity index (χ1v) is 10.1. The fraction of sp³-hybridized carbons (Fsp3) is 0.333. The summed E-state index contributed by atoms with van der Waals surface area (Å²) in [5.41, 5.74) is 0.474. The Kier molecular flexibility index (Phi) is 5.42. The summed E-state index contributed by atoms with van der Waals surface area (Å²) in [6.45, 7) is 2.80. The SMILES string of the molecule is Cc1ccc(S(=O)(=O)N2CCN(c3cc(Cl)cc(C(F)(F)F)c3)CC2)cc1. The van der Waals surface area contributed by atoms with Crippen LogP contribution in [-0.2, 0) is 16.2 Å². The Morgan fingerprint density at radius 3 is 2.11 bits per heavy atom. The Balaban J connectivity index is 1.76. The van der Waals surface area contributed by atoms with Crippen LogP contribution < -0.4 is 4.90 Å². The maximum Gasteiger partial charge on any atom is 0.416 e. The second kappa shape index (κ2) is 7.33. The van der Waals surface area contributed by atoms with E-state index in [1.807, 2.05) is 6.92 Å². The summed E-state index contributed by atoms with van der Waals surface area (Å²) < 4.78 is 65.7. The molecule has 4 nitrogen and oxygen atoms in total. The molecule has 0 saturated carbocycles. The second-order valence-corrected chi connectivity index (χ2v) is 8.77. The van der Waals surface area contributed by atoms with Crippen LogP contribution in [0.2, 0.25) is 5.02 Å². The van der Waals surface area contributed by atoms with Crippen LogP contribution in [0, 0.1) is 6.92 Å². The third-order valence-electron chi connectivity index (χ3n) is 4.47. The summed E-state index contributed by atoms with van der Waals surface area (Å²) in [5.74, 6) is 0. The molecule has 0 aromatic heterocycles. The van der Waals surface area contributed by atoms with E-state index in [2.05, 4.69) is 0 Å². The van der Waals surface area contributed by atoms with Crippen molar-refractivity contribution in [1.82, 2.24) is 4.31 Å². The van der Waals surface area contributed by atoms with Gasteiger partial charge in [0.15, 0.2) is 0 Å². The standard InChI is InChI=1S/C18H18ClF3N2O2S/c1-13-2-4-17(5-3-13)27(25,26)24-8-6-23(7-9-24)16-11-14(18(20,21)22)10-15(19)12-16/h2-5,10-12H,6-9H2,1H3. The lowest BCUT2D eigenvalue weighted by atomic mass is 10.1. The Hall–Kier alpha value is -1.77. The van der Waals surface area contributed by atoms with Crippen LogP contribution in [0.25, 0.3) is 0 Å². The Labute approximate surface area is 161 Å². The molecule has 1 heterocycles. The number of sulfonamides is 1. The first-order chi connectivity index (χ1) is 12.6. The molecular weight excluding hydrogens is 401 g/mol. The Morgan fingerprint density at radius 2 is 1.56 bits per heavy atom. The van der Waals surface area contributed by atoms with Gasteiger partial charge in [-0.1, -0.05) is 29.3 Å². The van der Waals surface area contributed by atoms with Gasteiger partial charge in [0.2, 0.25) is 10.0 Å². The molecule has 0 spiro atoms. The van der Waals surface area contributed by atoms with Gasteiger partial charge in [-0.15, -0.1) is 0 Å². The number of hydrogen-bond acceptors (Lipinski definition) is 3. The highest BCUT2D eigenvalue weighted by Crippen LogP contribution is 2.34. The third-order valence-corrected chi connectivity index (χ3v) is 6.60. The minimum absolute atomic E-state index is 0.00506. The number of rotatable bonds is 3. The number of halogens is 4. The van der Waals surface area contributed by atoms with Gasteiger partial charge in [0.25, 0.3) is 0 Å². The Morgan fingerprint density at radius 1 is 0.963 bits per heavy atom. The molecule has 0 bridgehead atoms. The van der Waals surface area contributed by atoms with Crippen molar-refractivity contribution >= 4 is 27.3 Å². The molecule has 2 aromatic rings. The number of piperazine rings is 1. The number of anilines is 1. The average Bonchev–Trinajstić information content (AvgIpc) is 2.61. The zero-order valence-corrected chi connectivity index (χ0v) is 16.1. The van der Waals surface area contributed by atoms with Crippen LogP contribution in [0.3, 0.4) is 0 Å². The summed E-state index contributed by atoms with van der Waals surface area (Å²) in [4.78, 5) is 1.92. The van der Waals surface area contributed by atoms with E-state index < -0.39 is 21.8 Å². The van der Waals surface area contributed by atoms with E-state index in [0.29, 0.717) is 5.69 Å². The van der Waals surface area contributed by atoms with E-state index >= 15 is 0 Å². The van der Waals surface area contributed by atoms with Crippen LogP contribution in [0.4, 0.5) is 18.9 Å². The maximum absolute atomic E-state index is 13.0. The number of hydrogen-bond donors (Lipinski definition) is 0. The van der Waals surface area contributed by atoms with Gasteiger partial charge in [0.05, 0.1) is 10.5 Å². The second-order valence-electron chi connectivity index (χ2n) is 6.40. The molecule has 0 atom stereocenters. The molecule has 0 N–H and O–H groups in total. The molecule has 1 saturated heterocycles. The number of benzene rings is 2.